The number of carbonyl (C=O) groups is 2. The van der Waals surface area contributed by atoms with Crippen LogP contribution in [0.5, 0.6) is 0 Å². The van der Waals surface area contributed by atoms with Crippen LogP contribution in [0.15, 0.2) is 54.6 Å². The monoisotopic (exact) mass is 420 g/mol. The number of hydrogen-bond acceptors (Lipinski definition) is 3. The van der Waals surface area contributed by atoms with Crippen molar-refractivity contribution in [1.82, 2.24) is 10.2 Å². The van der Waals surface area contributed by atoms with Gasteiger partial charge in [0.05, 0.1) is 17.4 Å². The summed E-state index contributed by atoms with van der Waals surface area (Å²) in [5.41, 5.74) is 2.90. The molecule has 31 heavy (non-hydrogen) atoms. The van der Waals surface area contributed by atoms with Crippen molar-refractivity contribution in [3.8, 4) is 0 Å². The van der Waals surface area contributed by atoms with Gasteiger partial charge in [-0.1, -0.05) is 55.3 Å². The lowest BCUT2D eigenvalue weighted by atomic mass is 10.1. The number of nitrogens with zero attached hydrogens (tertiary/aromatic N) is 2. The fraction of sp³-hybridized carbons (Fsp3) is 0.440. The van der Waals surface area contributed by atoms with Crippen LogP contribution in [0.25, 0.3) is 0 Å². The highest BCUT2D eigenvalue weighted by Gasteiger charge is 2.25. The Bertz CT molecular complexity index is 878. The second kappa shape index (κ2) is 10.3. The number of carbonyl (C=O) groups excluding carboxylic acids is 2. The van der Waals surface area contributed by atoms with Crippen LogP contribution >= 0.6 is 0 Å². The maximum atomic E-state index is 13.0. The number of hydrogen-bond donors (Lipinski definition) is 2. The zero-order valence-corrected chi connectivity index (χ0v) is 18.1. The zero-order chi connectivity index (χ0) is 21.5. The minimum atomic E-state index is -0.256. The van der Waals surface area contributed by atoms with Crippen LogP contribution in [0.2, 0.25) is 0 Å². The van der Waals surface area contributed by atoms with Crippen molar-refractivity contribution < 1.29 is 9.59 Å². The van der Waals surface area contributed by atoms with Gasteiger partial charge in [0.1, 0.15) is 0 Å². The molecule has 2 heterocycles. The van der Waals surface area contributed by atoms with Crippen LogP contribution in [0, 0.1) is 0 Å². The van der Waals surface area contributed by atoms with Gasteiger partial charge in [-0.25, -0.2) is 4.79 Å². The van der Waals surface area contributed by atoms with Crippen molar-refractivity contribution >= 4 is 23.3 Å². The van der Waals surface area contributed by atoms with Gasteiger partial charge in [-0.2, -0.15) is 0 Å². The Morgan fingerprint density at radius 2 is 1.58 bits per heavy atom. The van der Waals surface area contributed by atoms with Crippen molar-refractivity contribution in [3.63, 3.8) is 0 Å². The molecule has 2 aromatic carbocycles. The third-order valence-electron chi connectivity index (χ3n) is 6.18. The van der Waals surface area contributed by atoms with Crippen LogP contribution < -0.4 is 15.5 Å². The fourth-order valence-corrected chi connectivity index (χ4v) is 4.52. The molecule has 6 heteroatoms. The minimum Gasteiger partial charge on any atom is -0.370 e. The molecule has 1 atom stereocenters. The average Bonchev–Trinajstić information content (AvgIpc) is 3.02. The maximum absolute atomic E-state index is 13.0. The molecule has 1 unspecified atom stereocenters. The van der Waals surface area contributed by atoms with Gasteiger partial charge >= 0.3 is 6.03 Å². The number of anilines is 2. The lowest BCUT2D eigenvalue weighted by molar-refractivity contribution is -0.128. The summed E-state index contributed by atoms with van der Waals surface area (Å²) in [5, 5.41) is 6.18. The lowest BCUT2D eigenvalue weighted by Crippen LogP contribution is -2.40. The molecule has 0 radical (unpaired) electrons. The van der Waals surface area contributed by atoms with E-state index in [0.29, 0.717) is 13.0 Å². The van der Waals surface area contributed by atoms with Crippen LogP contribution in [-0.4, -0.2) is 43.0 Å². The highest BCUT2D eigenvalue weighted by Crippen LogP contribution is 2.28. The van der Waals surface area contributed by atoms with E-state index in [1.807, 2.05) is 53.4 Å². The average molecular weight is 421 g/mol. The number of urea groups is 1. The first kappa shape index (κ1) is 21.2. The quantitative estimate of drug-likeness (QED) is 0.720. The Hall–Kier alpha value is -3.02. The summed E-state index contributed by atoms with van der Waals surface area (Å²) in [6, 6.07) is 17.4. The summed E-state index contributed by atoms with van der Waals surface area (Å²) in [4.78, 5) is 29.4. The van der Waals surface area contributed by atoms with Crippen molar-refractivity contribution in [2.45, 2.75) is 44.6 Å². The Kier molecular flexibility index (Phi) is 7.07. The molecule has 2 aliphatic heterocycles. The predicted octanol–water partition coefficient (Wildman–Crippen LogP) is 4.55. The molecule has 2 N–H and O–H groups in total. The summed E-state index contributed by atoms with van der Waals surface area (Å²) >= 11 is 0. The number of rotatable bonds is 6. The first-order valence-corrected chi connectivity index (χ1v) is 11.4. The topological polar surface area (TPSA) is 64.7 Å². The molecule has 2 saturated heterocycles. The third-order valence-corrected chi connectivity index (χ3v) is 6.18. The van der Waals surface area contributed by atoms with Gasteiger partial charge in [0.2, 0.25) is 5.91 Å². The number of likely N-dealkylation sites (tertiary alicyclic amines) is 1. The van der Waals surface area contributed by atoms with Gasteiger partial charge in [0.25, 0.3) is 0 Å². The van der Waals surface area contributed by atoms with E-state index in [1.54, 1.807) is 0 Å². The molecule has 2 aliphatic rings. The Morgan fingerprint density at radius 1 is 0.871 bits per heavy atom. The van der Waals surface area contributed by atoms with Crippen LogP contribution in [0.1, 0.15) is 50.1 Å². The van der Waals surface area contributed by atoms with E-state index in [-0.39, 0.29) is 18.0 Å². The maximum Gasteiger partial charge on any atom is 0.319 e. The molecule has 0 spiro atoms. The van der Waals surface area contributed by atoms with Gasteiger partial charge in [-0.05, 0) is 37.0 Å². The van der Waals surface area contributed by atoms with Gasteiger partial charge < -0.3 is 20.4 Å². The Labute approximate surface area is 184 Å². The first-order valence-electron chi connectivity index (χ1n) is 11.4. The van der Waals surface area contributed by atoms with Gasteiger partial charge in [-0.15, -0.1) is 0 Å². The van der Waals surface area contributed by atoms with E-state index in [1.165, 1.54) is 25.7 Å². The first-order chi connectivity index (χ1) is 15.2. The van der Waals surface area contributed by atoms with Crippen LogP contribution in [0.3, 0.4) is 0 Å². The smallest absolute Gasteiger partial charge is 0.319 e. The van der Waals surface area contributed by atoms with Gasteiger partial charge in [-0.3, -0.25) is 4.79 Å². The second-order valence-electron chi connectivity index (χ2n) is 8.42. The van der Waals surface area contributed by atoms with Crippen molar-refractivity contribution in [2.24, 2.45) is 0 Å². The number of amides is 3. The highest BCUT2D eigenvalue weighted by atomic mass is 16.2. The largest absolute Gasteiger partial charge is 0.370 e. The summed E-state index contributed by atoms with van der Waals surface area (Å²) in [7, 11) is 0. The molecule has 0 aliphatic carbocycles. The molecule has 3 amide bonds. The normalized spacial score (nSPS) is 17.9. The lowest BCUT2D eigenvalue weighted by Gasteiger charge is -2.27. The standard InChI is InChI=1S/C25H32N4O2/c30-24-15-10-18-29(24)19-22(20-11-4-3-5-12-20)27-25(31)26-21-13-6-7-14-23(21)28-16-8-1-2-9-17-28/h3-7,11-14,22H,1-2,8-10,15-19H2,(H2,26,27,31). The predicted molar refractivity (Wildman–Crippen MR) is 124 cm³/mol. The van der Waals surface area contributed by atoms with Crippen molar-refractivity contribution in [3.05, 3.63) is 60.2 Å². The summed E-state index contributed by atoms with van der Waals surface area (Å²) in [5.74, 6) is 0.162. The number of para-hydroxylation sites is 2. The van der Waals surface area contributed by atoms with E-state index in [0.717, 1.165) is 43.0 Å². The van der Waals surface area contributed by atoms with Gasteiger partial charge in [0.15, 0.2) is 0 Å². The van der Waals surface area contributed by atoms with E-state index in [4.69, 9.17) is 0 Å². The highest BCUT2D eigenvalue weighted by molar-refractivity contribution is 5.93. The molecule has 6 nitrogen and oxygen atoms in total. The second-order valence-corrected chi connectivity index (χ2v) is 8.42. The number of benzene rings is 2. The van der Waals surface area contributed by atoms with E-state index < -0.39 is 0 Å². The molecule has 4 rings (SSSR count). The van der Waals surface area contributed by atoms with Crippen LogP contribution in [-0.2, 0) is 4.79 Å². The van der Waals surface area contributed by atoms with Gasteiger partial charge in [0, 0.05) is 32.6 Å². The molecule has 0 saturated carbocycles. The summed E-state index contributed by atoms with van der Waals surface area (Å²) in [6.07, 6.45) is 6.37. The zero-order valence-electron chi connectivity index (χ0n) is 18.1. The Morgan fingerprint density at radius 3 is 2.29 bits per heavy atom. The van der Waals surface area contributed by atoms with Crippen molar-refractivity contribution in [2.75, 3.05) is 36.4 Å². The van der Waals surface area contributed by atoms with E-state index >= 15 is 0 Å². The molecule has 0 bridgehead atoms. The molecular weight excluding hydrogens is 388 g/mol. The Balaban J connectivity index is 1.47. The number of nitrogens with one attached hydrogen (secondary N) is 2. The third kappa shape index (κ3) is 5.57. The molecule has 2 aromatic rings. The molecule has 2 fully saturated rings. The van der Waals surface area contributed by atoms with Crippen LogP contribution in [0.4, 0.5) is 16.2 Å². The summed E-state index contributed by atoms with van der Waals surface area (Å²) < 4.78 is 0. The minimum absolute atomic E-state index is 0.162. The van der Waals surface area contributed by atoms with Crippen molar-refractivity contribution in [1.29, 1.82) is 0 Å². The fourth-order valence-electron chi connectivity index (χ4n) is 4.52. The SMILES string of the molecule is O=C(Nc1ccccc1N1CCCCCC1)NC(CN1CCCC1=O)c1ccccc1. The van der Waals surface area contributed by atoms with E-state index in [2.05, 4.69) is 21.6 Å². The van der Waals surface area contributed by atoms with E-state index in [9.17, 15) is 9.59 Å². The molecule has 0 aromatic heterocycles. The molecule has 164 valence electrons. The molecular formula is C25H32N4O2. The summed E-state index contributed by atoms with van der Waals surface area (Å²) in [6.45, 7) is 3.28.